The summed E-state index contributed by atoms with van der Waals surface area (Å²) in [5.41, 5.74) is 1.06. The summed E-state index contributed by atoms with van der Waals surface area (Å²) >= 11 is 1.83. The first-order valence-electron chi connectivity index (χ1n) is 6.99. The summed E-state index contributed by atoms with van der Waals surface area (Å²) in [6, 6.07) is 4.82. The van der Waals surface area contributed by atoms with Gasteiger partial charge in [-0.1, -0.05) is 6.07 Å². The van der Waals surface area contributed by atoms with Crippen LogP contribution in [-0.4, -0.2) is 34.1 Å². The monoisotopic (exact) mass is 289 g/mol. The van der Waals surface area contributed by atoms with Crippen molar-refractivity contribution in [2.45, 2.75) is 32.4 Å². The zero-order chi connectivity index (χ0) is 13.8. The molecule has 0 unspecified atom stereocenters. The minimum absolute atomic E-state index is 0.247. The van der Waals surface area contributed by atoms with Crippen molar-refractivity contribution in [1.29, 1.82) is 0 Å². The van der Waals surface area contributed by atoms with Crippen molar-refractivity contribution in [3.63, 3.8) is 0 Å². The average molecular weight is 289 g/mol. The predicted molar refractivity (Wildman–Crippen MR) is 80.0 cm³/mol. The highest BCUT2D eigenvalue weighted by molar-refractivity contribution is 7.09. The number of hydrogen-bond donors (Lipinski definition) is 0. The van der Waals surface area contributed by atoms with Gasteiger partial charge in [-0.05, 0) is 36.8 Å². The molecule has 20 heavy (non-hydrogen) atoms. The lowest BCUT2D eigenvalue weighted by Crippen LogP contribution is -2.37. The molecule has 0 saturated carbocycles. The third-order valence-electron chi connectivity index (χ3n) is 3.52. The second kappa shape index (κ2) is 6.33. The van der Waals surface area contributed by atoms with Gasteiger partial charge in [0.25, 0.3) is 0 Å². The van der Waals surface area contributed by atoms with Gasteiger partial charge in [0.2, 0.25) is 0 Å². The number of thiophene rings is 1. The molecule has 0 atom stereocenters. The number of rotatable bonds is 4. The molecule has 2 aromatic heterocycles. The van der Waals surface area contributed by atoms with Crippen molar-refractivity contribution in [2.24, 2.45) is 0 Å². The first kappa shape index (κ1) is 13.5. The van der Waals surface area contributed by atoms with Crippen molar-refractivity contribution in [1.82, 2.24) is 14.9 Å². The molecule has 4 nitrogen and oxygen atoms in total. The Morgan fingerprint density at radius 2 is 2.05 bits per heavy atom. The molecule has 3 rings (SSSR count). The van der Waals surface area contributed by atoms with Gasteiger partial charge in [-0.2, -0.15) is 0 Å². The first-order valence-corrected chi connectivity index (χ1v) is 7.87. The van der Waals surface area contributed by atoms with Crippen LogP contribution in [0.2, 0.25) is 0 Å². The molecule has 0 spiro atoms. The molecule has 1 aliphatic heterocycles. The zero-order valence-electron chi connectivity index (χ0n) is 11.7. The van der Waals surface area contributed by atoms with Crippen LogP contribution in [0.25, 0.3) is 0 Å². The van der Waals surface area contributed by atoms with Gasteiger partial charge in [0.15, 0.2) is 0 Å². The molecule has 2 aromatic rings. The van der Waals surface area contributed by atoms with Gasteiger partial charge in [0, 0.05) is 36.9 Å². The Labute approximate surface area is 123 Å². The summed E-state index contributed by atoms with van der Waals surface area (Å²) in [4.78, 5) is 12.3. The number of aryl methyl sites for hydroxylation is 1. The lowest BCUT2D eigenvalue weighted by atomic mass is 10.1. The van der Waals surface area contributed by atoms with E-state index >= 15 is 0 Å². The van der Waals surface area contributed by atoms with Crippen molar-refractivity contribution >= 4 is 11.3 Å². The van der Waals surface area contributed by atoms with E-state index in [1.165, 1.54) is 4.88 Å². The quantitative estimate of drug-likeness (QED) is 0.867. The molecule has 1 aliphatic rings. The average Bonchev–Trinajstić information content (AvgIpc) is 2.96. The summed E-state index contributed by atoms with van der Waals surface area (Å²) in [6.07, 6.45) is 5.94. The van der Waals surface area contributed by atoms with Crippen molar-refractivity contribution in [3.8, 4) is 6.01 Å². The van der Waals surface area contributed by atoms with Gasteiger partial charge < -0.3 is 4.74 Å². The van der Waals surface area contributed by atoms with E-state index in [0.29, 0.717) is 6.01 Å². The molecule has 106 valence electrons. The molecule has 0 amide bonds. The van der Waals surface area contributed by atoms with E-state index in [-0.39, 0.29) is 6.10 Å². The van der Waals surface area contributed by atoms with Crippen molar-refractivity contribution < 1.29 is 4.74 Å². The van der Waals surface area contributed by atoms with Crippen molar-refractivity contribution in [2.75, 3.05) is 13.1 Å². The Morgan fingerprint density at radius 1 is 1.30 bits per heavy atom. The number of hydrogen-bond acceptors (Lipinski definition) is 5. The van der Waals surface area contributed by atoms with Gasteiger partial charge >= 0.3 is 6.01 Å². The number of piperidine rings is 1. The van der Waals surface area contributed by atoms with Crippen LogP contribution in [0.1, 0.15) is 23.3 Å². The highest BCUT2D eigenvalue weighted by atomic mass is 32.1. The third kappa shape index (κ3) is 3.55. The van der Waals surface area contributed by atoms with E-state index in [0.717, 1.165) is 38.0 Å². The maximum atomic E-state index is 5.85. The molecule has 1 fully saturated rings. The number of ether oxygens (including phenoxy) is 1. The molecule has 0 aromatic carbocycles. The van der Waals surface area contributed by atoms with Crippen LogP contribution in [0, 0.1) is 6.92 Å². The lowest BCUT2D eigenvalue weighted by molar-refractivity contribution is 0.0897. The first-order chi connectivity index (χ1) is 9.79. The Morgan fingerprint density at radius 3 is 2.70 bits per heavy atom. The molecule has 0 aliphatic carbocycles. The van der Waals surface area contributed by atoms with Gasteiger partial charge in [-0.3, -0.25) is 4.90 Å². The van der Waals surface area contributed by atoms with Gasteiger partial charge in [-0.25, -0.2) is 9.97 Å². The largest absolute Gasteiger partial charge is 0.460 e. The van der Waals surface area contributed by atoms with Crippen LogP contribution in [-0.2, 0) is 6.54 Å². The van der Waals surface area contributed by atoms with Gasteiger partial charge in [-0.15, -0.1) is 11.3 Å². The fourth-order valence-electron chi connectivity index (χ4n) is 2.40. The van der Waals surface area contributed by atoms with E-state index in [4.69, 9.17) is 4.74 Å². The summed E-state index contributed by atoms with van der Waals surface area (Å²) < 4.78 is 5.85. The van der Waals surface area contributed by atoms with Crippen LogP contribution >= 0.6 is 11.3 Å². The van der Waals surface area contributed by atoms with Crippen LogP contribution in [0.4, 0.5) is 0 Å². The fourth-order valence-corrected chi connectivity index (χ4v) is 3.15. The Balaban J connectivity index is 1.47. The summed E-state index contributed by atoms with van der Waals surface area (Å²) in [5.74, 6) is 0. The highest BCUT2D eigenvalue weighted by Gasteiger charge is 2.21. The van der Waals surface area contributed by atoms with Crippen LogP contribution in [0.3, 0.4) is 0 Å². The molecular formula is C15H19N3OS. The standard InChI is InChI=1S/C15H19N3OS/c1-12-9-16-15(17-10-12)19-13-4-6-18(7-5-13)11-14-3-2-8-20-14/h2-3,8-10,13H,4-7,11H2,1H3. The molecule has 0 N–H and O–H groups in total. The van der Waals surface area contributed by atoms with Gasteiger partial charge in [0.05, 0.1) is 0 Å². The number of aromatic nitrogens is 2. The molecule has 1 saturated heterocycles. The highest BCUT2D eigenvalue weighted by Crippen LogP contribution is 2.19. The fraction of sp³-hybridized carbons (Fsp3) is 0.467. The summed E-state index contributed by atoms with van der Waals surface area (Å²) in [5, 5.41) is 2.14. The molecular weight excluding hydrogens is 270 g/mol. The van der Waals surface area contributed by atoms with E-state index in [9.17, 15) is 0 Å². The van der Waals surface area contributed by atoms with Crippen molar-refractivity contribution in [3.05, 3.63) is 40.3 Å². The molecule has 0 radical (unpaired) electrons. The number of likely N-dealkylation sites (tertiary alicyclic amines) is 1. The summed E-state index contributed by atoms with van der Waals surface area (Å²) in [6.45, 7) is 5.20. The van der Waals surface area contributed by atoms with E-state index in [1.807, 2.05) is 18.3 Å². The second-order valence-corrected chi connectivity index (χ2v) is 6.25. The molecule has 3 heterocycles. The lowest BCUT2D eigenvalue weighted by Gasteiger charge is -2.31. The Kier molecular flexibility index (Phi) is 4.28. The topological polar surface area (TPSA) is 38.2 Å². The minimum atomic E-state index is 0.247. The smallest absolute Gasteiger partial charge is 0.316 e. The van der Waals surface area contributed by atoms with E-state index in [2.05, 4.69) is 32.4 Å². The SMILES string of the molecule is Cc1cnc(OC2CCN(Cc3cccs3)CC2)nc1. The van der Waals surface area contributed by atoms with Crippen LogP contribution < -0.4 is 4.74 Å². The van der Waals surface area contributed by atoms with E-state index in [1.54, 1.807) is 12.4 Å². The van der Waals surface area contributed by atoms with E-state index < -0.39 is 0 Å². The second-order valence-electron chi connectivity index (χ2n) is 5.22. The minimum Gasteiger partial charge on any atom is -0.460 e. The number of nitrogens with zero attached hydrogens (tertiary/aromatic N) is 3. The Bertz CT molecular complexity index is 519. The molecule has 0 bridgehead atoms. The summed E-state index contributed by atoms with van der Waals surface area (Å²) in [7, 11) is 0. The third-order valence-corrected chi connectivity index (χ3v) is 4.38. The van der Waals surface area contributed by atoms with Crippen LogP contribution in [0.5, 0.6) is 6.01 Å². The Hall–Kier alpha value is -1.46. The predicted octanol–water partition coefficient (Wildman–Crippen LogP) is 2.89. The maximum absolute atomic E-state index is 5.85. The van der Waals surface area contributed by atoms with Gasteiger partial charge in [0.1, 0.15) is 6.10 Å². The maximum Gasteiger partial charge on any atom is 0.316 e. The molecule has 5 heteroatoms. The zero-order valence-corrected chi connectivity index (χ0v) is 12.5. The normalized spacial score (nSPS) is 17.2. The van der Waals surface area contributed by atoms with Crippen LogP contribution in [0.15, 0.2) is 29.9 Å².